The van der Waals surface area contributed by atoms with Gasteiger partial charge < -0.3 is 14.8 Å². The molecular weight excluding hydrogens is 473 g/mol. The molecule has 4 rings (SSSR count). The number of aromatic nitrogens is 2. The summed E-state index contributed by atoms with van der Waals surface area (Å²) in [5.41, 5.74) is 2.22. The quantitative estimate of drug-likeness (QED) is 0.344. The van der Waals surface area contributed by atoms with Crippen molar-refractivity contribution in [3.05, 3.63) is 61.7 Å². The zero-order valence-electron chi connectivity index (χ0n) is 15.0. The summed E-state index contributed by atoms with van der Waals surface area (Å²) in [6.07, 6.45) is 0.800. The van der Waals surface area contributed by atoms with Crippen LogP contribution in [-0.4, -0.2) is 51.9 Å². The molecule has 28 heavy (non-hydrogen) atoms. The highest BCUT2D eigenvalue weighted by Gasteiger charge is 2.24. The Balaban J connectivity index is 1.51. The number of fused-ring (bicyclic) bond motifs is 1. The minimum absolute atomic E-state index is 0.0671. The van der Waals surface area contributed by atoms with Gasteiger partial charge in [-0.2, -0.15) is 0 Å². The Labute approximate surface area is 174 Å². The number of H-pyrrole nitrogens is 1. The van der Waals surface area contributed by atoms with E-state index < -0.39 is 4.92 Å². The van der Waals surface area contributed by atoms with Gasteiger partial charge in [0.1, 0.15) is 0 Å². The Morgan fingerprint density at radius 1 is 1.14 bits per heavy atom. The van der Waals surface area contributed by atoms with Crippen LogP contribution in [0.5, 0.6) is 0 Å². The third-order valence-corrected chi connectivity index (χ3v) is 5.79. The predicted molar refractivity (Wildman–Crippen MR) is 115 cm³/mol. The number of nitro groups is 1. The van der Waals surface area contributed by atoms with Crippen molar-refractivity contribution in [1.82, 2.24) is 14.9 Å². The average molecular weight is 491 g/mol. The van der Waals surface area contributed by atoms with E-state index in [1.54, 1.807) is 11.0 Å². The molecule has 3 aromatic rings. The van der Waals surface area contributed by atoms with Crippen LogP contribution in [0.25, 0.3) is 11.0 Å². The largest absolute Gasteiger partial charge is 0.341 e. The monoisotopic (exact) mass is 491 g/mol. The first-order valence-corrected chi connectivity index (χ1v) is 10.0. The fourth-order valence-corrected chi connectivity index (χ4v) is 3.95. The normalized spacial score (nSPS) is 14.9. The molecule has 8 nitrogen and oxygen atoms in total. The van der Waals surface area contributed by atoms with Gasteiger partial charge in [0.05, 0.1) is 21.5 Å². The number of para-hydroxylation sites is 2. The molecule has 0 saturated carbocycles. The molecule has 1 saturated heterocycles. The van der Waals surface area contributed by atoms with E-state index in [0.29, 0.717) is 28.8 Å². The lowest BCUT2D eigenvalue weighted by Gasteiger charge is -2.22. The van der Waals surface area contributed by atoms with E-state index in [4.69, 9.17) is 0 Å². The number of carbonyl (C=O) groups is 1. The SMILES string of the molecule is O=C(c1cc([N+](=O)[O-])ccc1I)N1CCCN(c2nc3ccccc3[nH]2)CC1. The molecule has 9 heteroatoms. The molecule has 0 atom stereocenters. The van der Waals surface area contributed by atoms with Crippen LogP contribution in [0.3, 0.4) is 0 Å². The van der Waals surface area contributed by atoms with Crippen molar-refractivity contribution < 1.29 is 9.72 Å². The summed E-state index contributed by atoms with van der Waals surface area (Å²) in [6, 6.07) is 12.3. The topological polar surface area (TPSA) is 95.4 Å². The van der Waals surface area contributed by atoms with E-state index in [1.807, 2.05) is 46.9 Å². The number of hydrogen-bond acceptors (Lipinski definition) is 5. The maximum Gasteiger partial charge on any atom is 0.270 e. The van der Waals surface area contributed by atoms with Crippen LogP contribution in [0.1, 0.15) is 16.8 Å². The van der Waals surface area contributed by atoms with Crippen LogP contribution in [-0.2, 0) is 0 Å². The Kier molecular flexibility index (Phi) is 5.16. The van der Waals surface area contributed by atoms with Crippen molar-refractivity contribution >= 4 is 51.2 Å². The van der Waals surface area contributed by atoms with Gasteiger partial charge in [0.2, 0.25) is 5.95 Å². The summed E-state index contributed by atoms with van der Waals surface area (Å²) < 4.78 is 0.714. The molecule has 0 aliphatic carbocycles. The van der Waals surface area contributed by atoms with Crippen molar-refractivity contribution in [2.45, 2.75) is 6.42 Å². The first-order chi connectivity index (χ1) is 13.5. The number of hydrogen-bond donors (Lipinski definition) is 1. The molecule has 1 amide bonds. The predicted octanol–water partition coefficient (Wildman–Crippen LogP) is 3.43. The minimum Gasteiger partial charge on any atom is -0.341 e. The molecule has 2 heterocycles. The summed E-state index contributed by atoms with van der Waals surface area (Å²) >= 11 is 2.05. The molecule has 1 N–H and O–H groups in total. The molecule has 1 aliphatic rings. The number of nitro benzene ring substituents is 1. The summed E-state index contributed by atoms with van der Waals surface area (Å²) in [5, 5.41) is 11.1. The number of benzene rings is 2. The molecular formula is C19H18IN5O3. The summed E-state index contributed by atoms with van der Waals surface area (Å²) in [5.74, 6) is 0.639. The smallest absolute Gasteiger partial charge is 0.270 e. The number of imidazole rings is 1. The molecule has 1 aromatic heterocycles. The van der Waals surface area contributed by atoms with Crippen molar-refractivity contribution in [2.24, 2.45) is 0 Å². The van der Waals surface area contributed by atoms with Gasteiger partial charge >= 0.3 is 0 Å². The van der Waals surface area contributed by atoms with E-state index in [1.165, 1.54) is 12.1 Å². The Morgan fingerprint density at radius 3 is 2.75 bits per heavy atom. The minimum atomic E-state index is -0.474. The zero-order chi connectivity index (χ0) is 19.7. The maximum absolute atomic E-state index is 13.0. The second-order valence-corrected chi connectivity index (χ2v) is 7.79. The highest BCUT2D eigenvalue weighted by atomic mass is 127. The molecule has 1 fully saturated rings. The average Bonchev–Trinajstić information content (AvgIpc) is 2.97. The molecule has 0 bridgehead atoms. The van der Waals surface area contributed by atoms with Crippen LogP contribution in [0.15, 0.2) is 42.5 Å². The summed E-state index contributed by atoms with van der Waals surface area (Å²) in [4.78, 5) is 35.5. The molecule has 0 radical (unpaired) electrons. The summed E-state index contributed by atoms with van der Waals surface area (Å²) in [6.45, 7) is 2.58. The van der Waals surface area contributed by atoms with Gasteiger partial charge in [-0.05, 0) is 47.2 Å². The fraction of sp³-hybridized carbons (Fsp3) is 0.263. The van der Waals surface area contributed by atoms with Gasteiger partial charge in [-0.3, -0.25) is 14.9 Å². The van der Waals surface area contributed by atoms with Crippen LogP contribution >= 0.6 is 22.6 Å². The fourth-order valence-electron chi connectivity index (χ4n) is 3.38. The van der Waals surface area contributed by atoms with Gasteiger partial charge in [-0.1, -0.05) is 12.1 Å². The Hall–Kier alpha value is -2.69. The lowest BCUT2D eigenvalue weighted by molar-refractivity contribution is -0.384. The molecule has 0 unspecified atom stereocenters. The van der Waals surface area contributed by atoms with Crippen LogP contribution in [0.4, 0.5) is 11.6 Å². The number of nitrogens with one attached hydrogen (secondary N) is 1. The third-order valence-electron chi connectivity index (χ3n) is 4.85. The highest BCUT2D eigenvalue weighted by Crippen LogP contribution is 2.23. The standard InChI is InChI=1S/C19H18IN5O3/c20-15-7-6-13(25(27)28)12-14(15)18(26)23-8-3-9-24(11-10-23)19-21-16-4-1-2-5-17(16)22-19/h1-2,4-7,12H,3,8-11H2,(H,21,22). The second kappa shape index (κ2) is 7.74. The maximum atomic E-state index is 13.0. The van der Waals surface area contributed by atoms with E-state index in [-0.39, 0.29) is 11.6 Å². The molecule has 1 aliphatic heterocycles. The van der Waals surface area contributed by atoms with E-state index in [2.05, 4.69) is 14.9 Å². The van der Waals surface area contributed by atoms with Crippen LogP contribution in [0, 0.1) is 13.7 Å². The Morgan fingerprint density at radius 2 is 1.96 bits per heavy atom. The number of amides is 1. The van der Waals surface area contributed by atoms with E-state index in [9.17, 15) is 14.9 Å². The molecule has 2 aromatic carbocycles. The number of non-ortho nitro benzene ring substituents is 1. The molecule has 144 valence electrons. The van der Waals surface area contributed by atoms with Gasteiger partial charge in [-0.15, -0.1) is 0 Å². The van der Waals surface area contributed by atoms with Gasteiger partial charge in [-0.25, -0.2) is 4.98 Å². The van der Waals surface area contributed by atoms with Gasteiger partial charge in [0.25, 0.3) is 11.6 Å². The van der Waals surface area contributed by atoms with Crippen molar-refractivity contribution in [1.29, 1.82) is 0 Å². The van der Waals surface area contributed by atoms with Gasteiger partial charge in [0.15, 0.2) is 0 Å². The number of carbonyl (C=O) groups excluding carboxylic acids is 1. The van der Waals surface area contributed by atoms with Crippen molar-refractivity contribution in [3.8, 4) is 0 Å². The van der Waals surface area contributed by atoms with E-state index >= 15 is 0 Å². The highest BCUT2D eigenvalue weighted by molar-refractivity contribution is 14.1. The van der Waals surface area contributed by atoms with Crippen LogP contribution < -0.4 is 4.90 Å². The number of anilines is 1. The summed E-state index contributed by atoms with van der Waals surface area (Å²) in [7, 11) is 0. The number of aromatic amines is 1. The Bertz CT molecular complexity index is 1020. The first kappa shape index (κ1) is 18.7. The number of halogens is 1. The van der Waals surface area contributed by atoms with Crippen LogP contribution in [0.2, 0.25) is 0 Å². The molecule has 0 spiro atoms. The van der Waals surface area contributed by atoms with Crippen molar-refractivity contribution in [3.63, 3.8) is 0 Å². The zero-order valence-corrected chi connectivity index (χ0v) is 17.1. The van der Waals surface area contributed by atoms with Gasteiger partial charge in [0, 0.05) is 41.9 Å². The third kappa shape index (κ3) is 3.66. The lowest BCUT2D eigenvalue weighted by Crippen LogP contribution is -2.35. The lowest BCUT2D eigenvalue weighted by atomic mass is 10.1. The van der Waals surface area contributed by atoms with Crippen molar-refractivity contribution in [2.75, 3.05) is 31.1 Å². The van der Waals surface area contributed by atoms with E-state index in [0.717, 1.165) is 29.9 Å². The number of nitrogens with zero attached hydrogens (tertiary/aromatic N) is 4. The second-order valence-electron chi connectivity index (χ2n) is 6.63. The first-order valence-electron chi connectivity index (χ1n) is 8.96. The number of rotatable bonds is 3.